The second-order valence-corrected chi connectivity index (χ2v) is 6.99. The predicted octanol–water partition coefficient (Wildman–Crippen LogP) is 3.05. The first kappa shape index (κ1) is 19.7. The maximum absolute atomic E-state index is 12.9. The Labute approximate surface area is 164 Å². The van der Waals surface area contributed by atoms with E-state index in [1.165, 1.54) is 4.90 Å². The lowest BCUT2D eigenvalue weighted by molar-refractivity contribution is -0.122. The van der Waals surface area contributed by atoms with Gasteiger partial charge in [0.15, 0.2) is 6.61 Å². The molecule has 1 atom stereocenters. The van der Waals surface area contributed by atoms with Gasteiger partial charge in [0.2, 0.25) is 5.91 Å². The molecule has 0 spiro atoms. The van der Waals surface area contributed by atoms with Gasteiger partial charge in [-0.15, -0.1) is 0 Å². The third-order valence-electron chi connectivity index (χ3n) is 5.06. The van der Waals surface area contributed by atoms with Gasteiger partial charge >= 0.3 is 5.97 Å². The third-order valence-corrected chi connectivity index (χ3v) is 5.06. The highest BCUT2D eigenvalue weighted by Gasteiger charge is 2.30. The van der Waals surface area contributed by atoms with Crippen molar-refractivity contribution in [2.24, 2.45) is 0 Å². The molecule has 1 aliphatic heterocycles. The van der Waals surface area contributed by atoms with Crippen LogP contribution < -0.4 is 10.2 Å². The Bertz CT molecular complexity index is 932. The number of rotatable bonds is 4. The molecular weight excluding hydrogens is 358 g/mol. The van der Waals surface area contributed by atoms with Crippen molar-refractivity contribution in [2.75, 3.05) is 16.8 Å². The van der Waals surface area contributed by atoms with E-state index >= 15 is 0 Å². The maximum atomic E-state index is 12.9. The van der Waals surface area contributed by atoms with Crippen LogP contribution in [0.4, 0.5) is 11.4 Å². The van der Waals surface area contributed by atoms with E-state index in [2.05, 4.69) is 5.32 Å². The Balaban J connectivity index is 1.77. The van der Waals surface area contributed by atoms with E-state index in [-0.39, 0.29) is 30.9 Å². The highest BCUT2D eigenvalue weighted by atomic mass is 16.5. The minimum Gasteiger partial charge on any atom is -0.452 e. The normalized spacial score (nSPS) is 16.2. The first-order chi connectivity index (χ1) is 13.3. The number of esters is 1. The lowest BCUT2D eigenvalue weighted by Crippen LogP contribution is -2.41. The number of hydrogen-bond acceptors (Lipinski definition) is 4. The molecule has 0 unspecified atom stereocenters. The second-order valence-electron chi connectivity index (χ2n) is 6.99. The van der Waals surface area contributed by atoms with Gasteiger partial charge in [-0.05, 0) is 45.9 Å². The fourth-order valence-corrected chi connectivity index (χ4v) is 3.74. The smallest absolute Gasteiger partial charge is 0.340 e. The van der Waals surface area contributed by atoms with Gasteiger partial charge in [-0.3, -0.25) is 9.59 Å². The summed E-state index contributed by atoms with van der Waals surface area (Å²) in [7, 11) is 0. The van der Waals surface area contributed by atoms with Crippen molar-refractivity contribution in [3.63, 3.8) is 0 Å². The number of amides is 2. The first-order valence-corrected chi connectivity index (χ1v) is 9.38. The summed E-state index contributed by atoms with van der Waals surface area (Å²) >= 11 is 0. The Morgan fingerprint density at radius 2 is 1.96 bits per heavy atom. The van der Waals surface area contributed by atoms with Crippen molar-refractivity contribution >= 4 is 29.2 Å². The summed E-state index contributed by atoms with van der Waals surface area (Å²) in [5, 5.41) is 2.81. The van der Waals surface area contributed by atoms with Crippen LogP contribution in [0.5, 0.6) is 0 Å². The molecule has 2 amide bonds. The number of nitrogens with one attached hydrogen (secondary N) is 1. The molecule has 0 fully saturated rings. The van der Waals surface area contributed by atoms with E-state index in [4.69, 9.17) is 4.74 Å². The Kier molecular flexibility index (Phi) is 5.53. The third kappa shape index (κ3) is 3.65. The molecule has 148 valence electrons. The minimum absolute atomic E-state index is 0.153. The number of fused-ring (bicyclic) bond motifs is 1. The number of aryl methyl sites for hydroxylation is 1. The largest absolute Gasteiger partial charge is 0.452 e. The van der Waals surface area contributed by atoms with E-state index in [9.17, 15) is 14.4 Å². The van der Waals surface area contributed by atoms with Gasteiger partial charge < -0.3 is 19.5 Å². The molecule has 0 radical (unpaired) electrons. The van der Waals surface area contributed by atoms with Gasteiger partial charge in [0.25, 0.3) is 5.91 Å². The van der Waals surface area contributed by atoms with Crippen LogP contribution in [0, 0.1) is 13.8 Å². The van der Waals surface area contributed by atoms with Gasteiger partial charge in [-0.1, -0.05) is 12.1 Å². The monoisotopic (exact) mass is 383 g/mol. The second kappa shape index (κ2) is 7.88. The molecule has 3 rings (SSSR count). The lowest BCUT2D eigenvalue weighted by atomic mass is 10.1. The Morgan fingerprint density at radius 3 is 2.64 bits per heavy atom. The van der Waals surface area contributed by atoms with Crippen molar-refractivity contribution in [1.82, 2.24) is 4.57 Å². The van der Waals surface area contributed by atoms with Crippen LogP contribution in [0.25, 0.3) is 0 Å². The fourth-order valence-electron chi connectivity index (χ4n) is 3.74. The van der Waals surface area contributed by atoms with E-state index in [1.54, 1.807) is 37.3 Å². The van der Waals surface area contributed by atoms with Crippen LogP contribution in [0.15, 0.2) is 30.3 Å². The standard InChI is InChI=1S/C21H25N3O4/c1-5-23-13(2)10-16(15(23)4)21(27)28-12-20(26)24-14(3)11-19(25)22-17-8-6-7-9-18(17)24/h6-10,14H,5,11-12H2,1-4H3,(H,22,25)/t14-/m1/s1. The Morgan fingerprint density at radius 1 is 1.25 bits per heavy atom. The number of para-hydroxylation sites is 2. The number of carbonyl (C=O) groups is 3. The van der Waals surface area contributed by atoms with Gasteiger partial charge in [0.1, 0.15) is 0 Å². The first-order valence-electron chi connectivity index (χ1n) is 9.38. The number of ether oxygens (including phenoxy) is 1. The van der Waals surface area contributed by atoms with Gasteiger partial charge in [0.05, 0.1) is 16.9 Å². The number of benzene rings is 1. The van der Waals surface area contributed by atoms with Crippen molar-refractivity contribution in [3.8, 4) is 0 Å². The van der Waals surface area contributed by atoms with Crippen LogP contribution in [0.3, 0.4) is 0 Å². The minimum atomic E-state index is -0.522. The molecule has 1 aromatic heterocycles. The van der Waals surface area contributed by atoms with Crippen LogP contribution in [-0.2, 0) is 20.9 Å². The zero-order chi connectivity index (χ0) is 20.4. The van der Waals surface area contributed by atoms with Gasteiger partial charge in [-0.2, -0.15) is 0 Å². The number of anilines is 2. The summed E-state index contributed by atoms with van der Waals surface area (Å²) in [4.78, 5) is 39.0. The van der Waals surface area contributed by atoms with E-state index in [0.717, 1.165) is 17.9 Å². The summed E-state index contributed by atoms with van der Waals surface area (Å²) in [5.74, 6) is -1.04. The number of nitrogens with zero attached hydrogens (tertiary/aromatic N) is 2. The number of hydrogen-bond donors (Lipinski definition) is 1. The number of carbonyl (C=O) groups excluding carboxylic acids is 3. The highest BCUT2D eigenvalue weighted by Crippen LogP contribution is 2.31. The van der Waals surface area contributed by atoms with Crippen LogP contribution in [0.1, 0.15) is 42.0 Å². The SMILES string of the molecule is CCn1c(C)cc(C(=O)OCC(=O)N2c3ccccc3NC(=O)C[C@H]2C)c1C. The van der Waals surface area contributed by atoms with Crippen molar-refractivity contribution in [1.29, 1.82) is 0 Å². The van der Waals surface area contributed by atoms with Crippen molar-refractivity contribution in [2.45, 2.75) is 46.7 Å². The molecule has 0 bridgehead atoms. The summed E-state index contributed by atoms with van der Waals surface area (Å²) in [5.41, 5.74) is 3.43. The summed E-state index contributed by atoms with van der Waals surface area (Å²) < 4.78 is 7.34. The maximum Gasteiger partial charge on any atom is 0.340 e. The molecule has 28 heavy (non-hydrogen) atoms. The van der Waals surface area contributed by atoms with Crippen LogP contribution in [0.2, 0.25) is 0 Å². The molecule has 0 saturated carbocycles. The zero-order valence-electron chi connectivity index (χ0n) is 16.6. The fraction of sp³-hybridized carbons (Fsp3) is 0.381. The molecule has 7 nitrogen and oxygen atoms in total. The van der Waals surface area contributed by atoms with Crippen LogP contribution >= 0.6 is 0 Å². The molecule has 1 aromatic carbocycles. The summed E-state index contributed by atoms with van der Waals surface area (Å²) in [6.07, 6.45) is 0.173. The van der Waals surface area contributed by atoms with Crippen molar-refractivity contribution < 1.29 is 19.1 Å². The highest BCUT2D eigenvalue weighted by molar-refractivity contribution is 6.05. The quantitative estimate of drug-likeness (QED) is 0.823. The molecule has 2 aromatic rings. The number of aromatic nitrogens is 1. The zero-order valence-corrected chi connectivity index (χ0v) is 16.6. The van der Waals surface area contributed by atoms with Gasteiger partial charge in [-0.25, -0.2) is 4.79 Å². The van der Waals surface area contributed by atoms with Gasteiger partial charge in [0, 0.05) is 30.4 Å². The Hall–Kier alpha value is -3.09. The molecule has 1 aliphatic rings. The average Bonchev–Trinajstić information content (AvgIpc) is 2.86. The van der Waals surface area contributed by atoms with E-state index in [1.807, 2.05) is 25.3 Å². The molecular formula is C21H25N3O4. The predicted molar refractivity (Wildman–Crippen MR) is 106 cm³/mol. The average molecular weight is 383 g/mol. The molecule has 1 N–H and O–H groups in total. The molecule has 0 saturated heterocycles. The van der Waals surface area contributed by atoms with E-state index < -0.39 is 5.97 Å². The lowest BCUT2D eigenvalue weighted by Gasteiger charge is -2.27. The summed E-state index contributed by atoms with van der Waals surface area (Å²) in [6.45, 7) is 7.97. The topological polar surface area (TPSA) is 80.6 Å². The summed E-state index contributed by atoms with van der Waals surface area (Å²) in [6, 6.07) is 8.54. The molecule has 0 aliphatic carbocycles. The van der Waals surface area contributed by atoms with E-state index in [0.29, 0.717) is 16.9 Å². The molecule has 2 heterocycles. The van der Waals surface area contributed by atoms with Crippen molar-refractivity contribution in [3.05, 3.63) is 47.3 Å². The van der Waals surface area contributed by atoms with Crippen LogP contribution in [-0.4, -0.2) is 35.0 Å². The molecule has 7 heteroatoms.